The number of halogens is 3. The number of rotatable bonds is 5. The van der Waals surface area contributed by atoms with E-state index in [-0.39, 0.29) is 11.7 Å². The van der Waals surface area contributed by atoms with Gasteiger partial charge >= 0.3 is 6.36 Å². The first-order valence-corrected chi connectivity index (χ1v) is 8.65. The molecule has 1 aliphatic rings. The number of piperidine rings is 1. The van der Waals surface area contributed by atoms with E-state index in [9.17, 15) is 13.2 Å². The predicted octanol–water partition coefficient (Wildman–Crippen LogP) is 4.62. The molecule has 26 heavy (non-hydrogen) atoms. The molecule has 1 N–H and O–H groups in total. The molecular weight excluding hydrogens is 347 g/mol. The van der Waals surface area contributed by atoms with Crippen LogP contribution >= 0.6 is 0 Å². The van der Waals surface area contributed by atoms with Gasteiger partial charge in [0.25, 0.3) is 0 Å². The highest BCUT2D eigenvalue weighted by atomic mass is 19.4. The van der Waals surface area contributed by atoms with Crippen LogP contribution in [0.1, 0.15) is 44.3 Å². The Kier molecular flexibility index (Phi) is 5.41. The summed E-state index contributed by atoms with van der Waals surface area (Å²) in [5, 5.41) is 7.92. The van der Waals surface area contributed by atoms with E-state index in [0.29, 0.717) is 17.7 Å². The SMILES string of the molecule is CC(C)c1cc(Oc2ccc(OC(F)(F)F)cc2)nn1C1CCNCC1. The average molecular weight is 369 g/mol. The van der Waals surface area contributed by atoms with Crippen molar-refractivity contribution in [1.82, 2.24) is 15.1 Å². The molecule has 1 aromatic heterocycles. The highest BCUT2D eigenvalue weighted by molar-refractivity contribution is 5.34. The summed E-state index contributed by atoms with van der Waals surface area (Å²) in [7, 11) is 0. The van der Waals surface area contributed by atoms with Crippen molar-refractivity contribution in [2.24, 2.45) is 0 Å². The Morgan fingerprint density at radius 1 is 1.12 bits per heavy atom. The lowest BCUT2D eigenvalue weighted by molar-refractivity contribution is -0.274. The lowest BCUT2D eigenvalue weighted by Crippen LogP contribution is -2.30. The largest absolute Gasteiger partial charge is 0.573 e. The molecule has 1 aromatic carbocycles. The summed E-state index contributed by atoms with van der Waals surface area (Å²) >= 11 is 0. The zero-order valence-corrected chi connectivity index (χ0v) is 14.7. The van der Waals surface area contributed by atoms with Crippen LogP contribution in [-0.4, -0.2) is 29.2 Å². The third-order valence-corrected chi connectivity index (χ3v) is 4.27. The quantitative estimate of drug-likeness (QED) is 0.835. The van der Waals surface area contributed by atoms with Gasteiger partial charge in [0.1, 0.15) is 11.5 Å². The molecular formula is C18H22F3N3O2. The van der Waals surface area contributed by atoms with Gasteiger partial charge in [-0.2, -0.15) is 0 Å². The molecule has 0 saturated carbocycles. The number of hydrogen-bond acceptors (Lipinski definition) is 4. The molecule has 1 saturated heterocycles. The Morgan fingerprint density at radius 2 is 1.73 bits per heavy atom. The van der Waals surface area contributed by atoms with E-state index in [1.54, 1.807) is 0 Å². The smallest absolute Gasteiger partial charge is 0.438 e. The maximum atomic E-state index is 12.2. The van der Waals surface area contributed by atoms with E-state index < -0.39 is 6.36 Å². The molecule has 0 unspecified atom stereocenters. The van der Waals surface area contributed by atoms with Crippen molar-refractivity contribution in [3.05, 3.63) is 36.0 Å². The van der Waals surface area contributed by atoms with E-state index in [4.69, 9.17) is 4.74 Å². The number of aromatic nitrogens is 2. The molecule has 1 aliphatic heterocycles. The highest BCUT2D eigenvalue weighted by Gasteiger charge is 2.31. The van der Waals surface area contributed by atoms with E-state index >= 15 is 0 Å². The van der Waals surface area contributed by atoms with Crippen LogP contribution in [-0.2, 0) is 0 Å². The Hall–Kier alpha value is -2.22. The van der Waals surface area contributed by atoms with Crippen LogP contribution < -0.4 is 14.8 Å². The zero-order chi connectivity index (χ0) is 18.7. The van der Waals surface area contributed by atoms with Gasteiger partial charge in [-0.15, -0.1) is 18.3 Å². The van der Waals surface area contributed by atoms with Gasteiger partial charge < -0.3 is 14.8 Å². The Labute approximate surface area is 150 Å². The maximum absolute atomic E-state index is 12.2. The molecule has 0 amide bonds. The van der Waals surface area contributed by atoms with E-state index in [0.717, 1.165) is 31.6 Å². The van der Waals surface area contributed by atoms with Crippen LogP contribution in [0.2, 0.25) is 0 Å². The van der Waals surface area contributed by atoms with Crippen LogP contribution in [0.3, 0.4) is 0 Å². The Morgan fingerprint density at radius 3 is 2.31 bits per heavy atom. The summed E-state index contributed by atoms with van der Waals surface area (Å²) in [4.78, 5) is 0. The predicted molar refractivity (Wildman–Crippen MR) is 90.7 cm³/mol. The molecule has 2 aromatic rings. The molecule has 0 bridgehead atoms. The summed E-state index contributed by atoms with van der Waals surface area (Å²) in [5.74, 6) is 0.853. The summed E-state index contributed by atoms with van der Waals surface area (Å²) in [6.45, 7) is 6.11. The topological polar surface area (TPSA) is 48.3 Å². The highest BCUT2D eigenvalue weighted by Crippen LogP contribution is 2.31. The minimum absolute atomic E-state index is 0.284. The normalized spacial score (nSPS) is 16.1. The van der Waals surface area contributed by atoms with Gasteiger partial charge in [0.15, 0.2) is 0 Å². The summed E-state index contributed by atoms with van der Waals surface area (Å²) in [5.41, 5.74) is 1.09. The molecule has 0 radical (unpaired) electrons. The van der Waals surface area contributed by atoms with Crippen LogP contribution in [0, 0.1) is 0 Å². The second-order valence-electron chi connectivity index (χ2n) is 6.61. The lowest BCUT2D eigenvalue weighted by atomic mass is 10.0. The fourth-order valence-corrected chi connectivity index (χ4v) is 3.04. The van der Waals surface area contributed by atoms with Gasteiger partial charge in [0.2, 0.25) is 5.88 Å². The average Bonchev–Trinajstić information content (AvgIpc) is 3.00. The monoisotopic (exact) mass is 369 g/mol. The van der Waals surface area contributed by atoms with E-state index in [1.165, 1.54) is 24.3 Å². The van der Waals surface area contributed by atoms with Crippen molar-refractivity contribution in [1.29, 1.82) is 0 Å². The fraction of sp³-hybridized carbons (Fsp3) is 0.500. The fourth-order valence-electron chi connectivity index (χ4n) is 3.04. The zero-order valence-electron chi connectivity index (χ0n) is 14.7. The Bertz CT molecular complexity index is 720. The molecule has 1 fully saturated rings. The number of ether oxygens (including phenoxy) is 2. The van der Waals surface area contributed by atoms with Gasteiger partial charge in [-0.1, -0.05) is 13.8 Å². The van der Waals surface area contributed by atoms with Gasteiger partial charge in [-0.05, 0) is 56.1 Å². The number of nitrogens with zero attached hydrogens (tertiary/aromatic N) is 2. The first-order chi connectivity index (χ1) is 12.3. The van der Waals surface area contributed by atoms with Crippen molar-refractivity contribution >= 4 is 0 Å². The van der Waals surface area contributed by atoms with Crippen LogP contribution in [0.5, 0.6) is 17.4 Å². The van der Waals surface area contributed by atoms with Crippen molar-refractivity contribution in [3.8, 4) is 17.4 Å². The molecule has 2 heterocycles. The van der Waals surface area contributed by atoms with Gasteiger partial charge in [-0.25, -0.2) is 0 Å². The lowest BCUT2D eigenvalue weighted by Gasteiger charge is -2.25. The first kappa shape index (κ1) is 18.6. The molecule has 142 valence electrons. The van der Waals surface area contributed by atoms with Crippen LogP contribution in [0.4, 0.5) is 13.2 Å². The minimum atomic E-state index is -4.71. The third-order valence-electron chi connectivity index (χ3n) is 4.27. The Balaban J connectivity index is 1.75. The second-order valence-corrected chi connectivity index (χ2v) is 6.61. The maximum Gasteiger partial charge on any atom is 0.573 e. The van der Waals surface area contributed by atoms with Crippen molar-refractivity contribution in [3.63, 3.8) is 0 Å². The third kappa shape index (κ3) is 4.69. The van der Waals surface area contributed by atoms with Gasteiger partial charge in [0, 0.05) is 11.8 Å². The molecule has 8 heteroatoms. The summed E-state index contributed by atoms with van der Waals surface area (Å²) in [6, 6.07) is 7.52. The van der Waals surface area contributed by atoms with Crippen molar-refractivity contribution < 1.29 is 22.6 Å². The van der Waals surface area contributed by atoms with E-state index in [2.05, 4.69) is 29.0 Å². The van der Waals surface area contributed by atoms with Gasteiger partial charge in [-0.3, -0.25) is 4.68 Å². The van der Waals surface area contributed by atoms with E-state index in [1.807, 2.05) is 10.7 Å². The summed E-state index contributed by atoms with van der Waals surface area (Å²) in [6.07, 6.45) is -2.70. The molecule has 0 spiro atoms. The summed E-state index contributed by atoms with van der Waals surface area (Å²) < 4.78 is 48.3. The van der Waals surface area contributed by atoms with Crippen LogP contribution in [0.25, 0.3) is 0 Å². The minimum Gasteiger partial charge on any atom is -0.438 e. The first-order valence-electron chi connectivity index (χ1n) is 8.65. The standard InChI is InChI=1S/C18H22F3N3O2/c1-12(2)16-11-17(23-24(16)13-7-9-22-10-8-13)25-14-3-5-15(6-4-14)26-18(19,20)21/h3-6,11-13,22H,7-10H2,1-2H3. The number of alkyl halides is 3. The molecule has 0 atom stereocenters. The molecule has 0 aliphatic carbocycles. The number of nitrogens with one attached hydrogen (secondary N) is 1. The number of hydrogen-bond donors (Lipinski definition) is 1. The van der Waals surface area contributed by atoms with Crippen molar-refractivity contribution in [2.45, 2.75) is 45.0 Å². The second kappa shape index (κ2) is 7.57. The molecule has 5 nitrogen and oxygen atoms in total. The molecule has 3 rings (SSSR count). The van der Waals surface area contributed by atoms with Crippen molar-refractivity contribution in [2.75, 3.05) is 13.1 Å². The van der Waals surface area contributed by atoms with Crippen LogP contribution in [0.15, 0.2) is 30.3 Å². The number of benzene rings is 1. The van der Waals surface area contributed by atoms with Gasteiger partial charge in [0.05, 0.1) is 6.04 Å².